The predicted molar refractivity (Wildman–Crippen MR) is 86.3 cm³/mol. The molecule has 1 N–H and O–H groups in total. The Kier molecular flexibility index (Phi) is 4.43. The number of halogens is 1. The standard InChI is InChI=1S/C17H12FNO3S/c18-14-7-2-1-5-12(14)10-22-13-6-3-4-11(8-13)9-15-16(20)19-17(21)23-15/h1-9H,10H2,(H,19,20,21)/b15-9-. The van der Waals surface area contributed by atoms with Crippen molar-refractivity contribution in [2.75, 3.05) is 0 Å². The fourth-order valence-electron chi connectivity index (χ4n) is 2.04. The maximum atomic E-state index is 13.6. The summed E-state index contributed by atoms with van der Waals surface area (Å²) >= 11 is 0.858. The molecule has 3 rings (SSSR count). The third-order valence-electron chi connectivity index (χ3n) is 3.15. The van der Waals surface area contributed by atoms with Gasteiger partial charge in [-0.15, -0.1) is 0 Å². The van der Waals surface area contributed by atoms with Crippen molar-refractivity contribution in [3.8, 4) is 5.75 Å². The molecule has 23 heavy (non-hydrogen) atoms. The number of hydrogen-bond acceptors (Lipinski definition) is 4. The number of carbonyl (C=O) groups is 2. The maximum Gasteiger partial charge on any atom is 0.290 e. The van der Waals surface area contributed by atoms with Gasteiger partial charge in [-0.1, -0.05) is 30.3 Å². The van der Waals surface area contributed by atoms with Crippen LogP contribution in [0, 0.1) is 5.82 Å². The highest BCUT2D eigenvalue weighted by molar-refractivity contribution is 8.18. The van der Waals surface area contributed by atoms with Gasteiger partial charge >= 0.3 is 0 Å². The average molecular weight is 329 g/mol. The summed E-state index contributed by atoms with van der Waals surface area (Å²) in [5.74, 6) is -0.168. The van der Waals surface area contributed by atoms with Gasteiger partial charge in [0.25, 0.3) is 11.1 Å². The number of hydrogen-bond donors (Lipinski definition) is 1. The summed E-state index contributed by atoms with van der Waals surface area (Å²) in [5.41, 5.74) is 1.19. The van der Waals surface area contributed by atoms with Crippen LogP contribution in [0.3, 0.4) is 0 Å². The van der Waals surface area contributed by atoms with Crippen LogP contribution in [0.5, 0.6) is 5.75 Å². The van der Waals surface area contributed by atoms with Crippen molar-refractivity contribution >= 4 is 29.0 Å². The number of nitrogens with one attached hydrogen (secondary N) is 1. The van der Waals surface area contributed by atoms with Crippen molar-refractivity contribution in [2.45, 2.75) is 6.61 Å². The summed E-state index contributed by atoms with van der Waals surface area (Å²) < 4.78 is 19.1. The third kappa shape index (κ3) is 3.78. The number of ether oxygens (including phenoxy) is 1. The second-order valence-corrected chi connectivity index (χ2v) is 5.82. The number of rotatable bonds is 4. The Morgan fingerprint density at radius 1 is 1.13 bits per heavy atom. The van der Waals surface area contributed by atoms with Crippen LogP contribution in [0.2, 0.25) is 0 Å². The first-order chi connectivity index (χ1) is 11.1. The van der Waals surface area contributed by atoms with Gasteiger partial charge in [-0.3, -0.25) is 14.9 Å². The molecule has 0 saturated carbocycles. The van der Waals surface area contributed by atoms with E-state index in [0.29, 0.717) is 16.2 Å². The van der Waals surface area contributed by atoms with E-state index in [2.05, 4.69) is 5.32 Å². The molecule has 0 spiro atoms. The number of amides is 2. The highest BCUT2D eigenvalue weighted by Crippen LogP contribution is 2.26. The monoisotopic (exact) mass is 329 g/mol. The quantitative estimate of drug-likeness (QED) is 0.869. The van der Waals surface area contributed by atoms with E-state index >= 15 is 0 Å². The summed E-state index contributed by atoms with van der Waals surface area (Å²) in [4.78, 5) is 23.0. The van der Waals surface area contributed by atoms with E-state index in [1.807, 2.05) is 0 Å². The van der Waals surface area contributed by atoms with Gasteiger partial charge < -0.3 is 4.74 Å². The van der Waals surface area contributed by atoms with Gasteiger partial charge in [0.15, 0.2) is 0 Å². The normalized spacial score (nSPS) is 15.8. The Balaban J connectivity index is 1.73. The van der Waals surface area contributed by atoms with Gasteiger partial charge in [0.05, 0.1) is 4.91 Å². The van der Waals surface area contributed by atoms with E-state index in [1.165, 1.54) is 6.07 Å². The molecule has 1 fully saturated rings. The Bertz CT molecular complexity index is 804. The molecule has 0 unspecified atom stereocenters. The van der Waals surface area contributed by atoms with Gasteiger partial charge in [-0.05, 0) is 41.6 Å². The van der Waals surface area contributed by atoms with Crippen LogP contribution in [-0.4, -0.2) is 11.1 Å². The van der Waals surface area contributed by atoms with E-state index in [4.69, 9.17) is 4.74 Å². The van der Waals surface area contributed by atoms with Crippen molar-refractivity contribution in [2.24, 2.45) is 0 Å². The minimum Gasteiger partial charge on any atom is -0.489 e. The van der Waals surface area contributed by atoms with Crippen LogP contribution in [0.15, 0.2) is 53.4 Å². The molecule has 0 aromatic heterocycles. The van der Waals surface area contributed by atoms with Gasteiger partial charge in [-0.2, -0.15) is 0 Å². The summed E-state index contributed by atoms with van der Waals surface area (Å²) in [5, 5.41) is 1.82. The SMILES string of the molecule is O=C1NC(=O)/C(=C/c2cccc(OCc3ccccc3F)c2)S1. The van der Waals surface area contributed by atoms with Crippen LogP contribution >= 0.6 is 11.8 Å². The van der Waals surface area contributed by atoms with Crippen molar-refractivity contribution < 1.29 is 18.7 Å². The second-order valence-electron chi connectivity index (χ2n) is 4.80. The Labute approximate surface area is 136 Å². The second kappa shape index (κ2) is 6.66. The lowest BCUT2D eigenvalue weighted by Gasteiger charge is -2.07. The Hall–Kier alpha value is -2.60. The molecule has 1 heterocycles. The highest BCUT2D eigenvalue weighted by atomic mass is 32.2. The first-order valence-electron chi connectivity index (χ1n) is 6.83. The van der Waals surface area contributed by atoms with E-state index in [0.717, 1.165) is 17.3 Å². The van der Waals surface area contributed by atoms with E-state index < -0.39 is 5.91 Å². The number of benzene rings is 2. The molecule has 116 valence electrons. The maximum absolute atomic E-state index is 13.6. The van der Waals surface area contributed by atoms with E-state index in [9.17, 15) is 14.0 Å². The topological polar surface area (TPSA) is 55.4 Å². The Morgan fingerprint density at radius 2 is 1.96 bits per heavy atom. The zero-order valence-corrected chi connectivity index (χ0v) is 12.7. The molecule has 0 aliphatic carbocycles. The highest BCUT2D eigenvalue weighted by Gasteiger charge is 2.24. The minimum atomic E-state index is -0.405. The van der Waals surface area contributed by atoms with Crippen LogP contribution in [0.1, 0.15) is 11.1 Å². The lowest BCUT2D eigenvalue weighted by Crippen LogP contribution is -2.17. The molecule has 0 bridgehead atoms. The average Bonchev–Trinajstić information content (AvgIpc) is 2.84. The fraction of sp³-hybridized carbons (Fsp3) is 0.0588. The molecular weight excluding hydrogens is 317 g/mol. The zero-order valence-electron chi connectivity index (χ0n) is 11.9. The molecule has 6 heteroatoms. The van der Waals surface area contributed by atoms with Gasteiger partial charge in [0.1, 0.15) is 18.2 Å². The first-order valence-corrected chi connectivity index (χ1v) is 7.64. The third-order valence-corrected chi connectivity index (χ3v) is 3.96. The number of thioether (sulfide) groups is 1. The molecule has 1 saturated heterocycles. The van der Waals surface area contributed by atoms with Gasteiger partial charge in [-0.25, -0.2) is 4.39 Å². The minimum absolute atomic E-state index is 0.112. The van der Waals surface area contributed by atoms with E-state index in [1.54, 1.807) is 48.5 Å². The van der Waals surface area contributed by atoms with Crippen molar-refractivity contribution in [3.63, 3.8) is 0 Å². The zero-order chi connectivity index (χ0) is 16.2. The van der Waals surface area contributed by atoms with Crippen molar-refractivity contribution in [3.05, 3.63) is 70.4 Å². The summed E-state index contributed by atoms with van der Waals surface area (Å²) in [6.07, 6.45) is 1.61. The van der Waals surface area contributed by atoms with Crippen molar-refractivity contribution in [1.82, 2.24) is 5.32 Å². The lowest BCUT2D eigenvalue weighted by molar-refractivity contribution is -0.115. The predicted octanol–water partition coefficient (Wildman–Crippen LogP) is 3.73. The molecular formula is C17H12FNO3S. The number of imide groups is 1. The molecule has 1 aliphatic heterocycles. The van der Waals surface area contributed by atoms with Crippen LogP contribution in [-0.2, 0) is 11.4 Å². The van der Waals surface area contributed by atoms with Crippen molar-refractivity contribution in [1.29, 1.82) is 0 Å². The molecule has 0 radical (unpaired) electrons. The molecule has 2 amide bonds. The molecule has 1 aliphatic rings. The Morgan fingerprint density at radius 3 is 2.70 bits per heavy atom. The van der Waals surface area contributed by atoms with Gasteiger partial charge in [0, 0.05) is 5.56 Å². The summed E-state index contributed by atoms with van der Waals surface area (Å²) in [6, 6.07) is 13.4. The first kappa shape index (κ1) is 15.3. The molecule has 4 nitrogen and oxygen atoms in total. The molecule has 2 aromatic rings. The van der Waals surface area contributed by atoms with Crippen LogP contribution in [0.4, 0.5) is 9.18 Å². The number of carbonyl (C=O) groups excluding carboxylic acids is 2. The smallest absolute Gasteiger partial charge is 0.290 e. The molecule has 0 atom stereocenters. The molecule has 2 aromatic carbocycles. The van der Waals surface area contributed by atoms with Gasteiger partial charge in [0.2, 0.25) is 0 Å². The summed E-state index contributed by atoms with van der Waals surface area (Å²) in [7, 11) is 0. The lowest BCUT2D eigenvalue weighted by atomic mass is 10.2. The van der Waals surface area contributed by atoms with Crippen LogP contribution in [0.25, 0.3) is 6.08 Å². The van der Waals surface area contributed by atoms with Crippen LogP contribution < -0.4 is 10.1 Å². The van der Waals surface area contributed by atoms with E-state index in [-0.39, 0.29) is 17.7 Å². The summed E-state index contributed by atoms with van der Waals surface area (Å²) in [6.45, 7) is 0.112. The fourth-order valence-corrected chi connectivity index (χ4v) is 2.73. The largest absolute Gasteiger partial charge is 0.489 e.